The Morgan fingerprint density at radius 1 is 1.31 bits per heavy atom. The summed E-state index contributed by atoms with van der Waals surface area (Å²) < 4.78 is 5.43. The molecule has 0 aromatic carbocycles. The zero-order valence-electron chi connectivity index (χ0n) is 17.2. The Morgan fingerprint density at radius 2 is 1.96 bits per heavy atom. The molecule has 0 aliphatic carbocycles. The summed E-state index contributed by atoms with van der Waals surface area (Å²) in [5.74, 6) is 1.60. The molecule has 0 bridgehead atoms. The summed E-state index contributed by atoms with van der Waals surface area (Å²) in [4.78, 5) is 21.7. The number of aromatic nitrogens is 1. The first kappa shape index (κ1) is 20.5. The first-order chi connectivity index (χ1) is 12.2. The van der Waals surface area contributed by atoms with Crippen molar-refractivity contribution in [3.63, 3.8) is 0 Å². The minimum absolute atomic E-state index is 0.0406. The topological polar surface area (TPSA) is 57.7 Å². The third-order valence-corrected chi connectivity index (χ3v) is 4.56. The largest absolute Gasteiger partial charge is 0.378 e. The van der Waals surface area contributed by atoms with Crippen molar-refractivity contribution < 1.29 is 9.53 Å². The van der Waals surface area contributed by atoms with Crippen molar-refractivity contribution in [3.8, 4) is 0 Å². The average Bonchev–Trinajstić information content (AvgIpc) is 2.57. The molecular weight excluding hydrogens is 328 g/mol. The number of ether oxygens (including phenoxy) is 1. The number of carbonyl (C=O) groups excluding carboxylic acids is 1. The lowest BCUT2D eigenvalue weighted by Gasteiger charge is -2.29. The maximum atomic E-state index is 12.8. The van der Waals surface area contributed by atoms with Gasteiger partial charge in [0.1, 0.15) is 11.6 Å². The molecule has 0 unspecified atom stereocenters. The molecule has 1 amide bonds. The molecule has 2 heterocycles. The Kier molecular flexibility index (Phi) is 6.87. The minimum Gasteiger partial charge on any atom is -0.378 e. The lowest BCUT2D eigenvalue weighted by molar-refractivity contribution is 0.0951. The van der Waals surface area contributed by atoms with E-state index in [4.69, 9.17) is 9.72 Å². The Labute approximate surface area is 157 Å². The summed E-state index contributed by atoms with van der Waals surface area (Å²) in [5, 5.41) is 3.07. The summed E-state index contributed by atoms with van der Waals surface area (Å²) in [6.07, 6.45) is 2.06. The molecule has 1 aliphatic rings. The van der Waals surface area contributed by atoms with Crippen molar-refractivity contribution in [3.05, 3.63) is 17.2 Å². The highest BCUT2D eigenvalue weighted by Gasteiger charge is 2.21. The molecule has 0 radical (unpaired) electrons. The number of pyridine rings is 1. The van der Waals surface area contributed by atoms with Crippen LogP contribution < -0.4 is 15.1 Å². The van der Waals surface area contributed by atoms with Crippen LogP contribution in [0.5, 0.6) is 0 Å². The van der Waals surface area contributed by atoms with E-state index in [9.17, 15) is 4.79 Å². The van der Waals surface area contributed by atoms with Gasteiger partial charge in [-0.2, -0.15) is 0 Å². The van der Waals surface area contributed by atoms with Crippen LogP contribution >= 0.6 is 0 Å². The van der Waals surface area contributed by atoms with Gasteiger partial charge in [0.2, 0.25) is 0 Å². The van der Waals surface area contributed by atoms with Gasteiger partial charge in [0, 0.05) is 33.7 Å². The number of amides is 1. The molecule has 0 saturated carbocycles. The van der Waals surface area contributed by atoms with Crippen LogP contribution in [-0.2, 0) is 4.74 Å². The van der Waals surface area contributed by atoms with Crippen molar-refractivity contribution in [2.45, 2.75) is 40.5 Å². The fourth-order valence-corrected chi connectivity index (χ4v) is 3.11. The molecule has 0 atom stereocenters. The van der Waals surface area contributed by atoms with E-state index in [-0.39, 0.29) is 11.3 Å². The van der Waals surface area contributed by atoms with Crippen LogP contribution in [0.2, 0.25) is 0 Å². The van der Waals surface area contributed by atoms with Gasteiger partial charge in [0.05, 0.1) is 18.8 Å². The number of anilines is 2. The third-order valence-electron chi connectivity index (χ3n) is 4.56. The number of nitrogens with one attached hydrogen (secondary N) is 1. The second-order valence-electron chi connectivity index (χ2n) is 8.41. The van der Waals surface area contributed by atoms with Crippen LogP contribution in [0.15, 0.2) is 6.07 Å². The summed E-state index contributed by atoms with van der Waals surface area (Å²) in [5.41, 5.74) is 1.91. The van der Waals surface area contributed by atoms with E-state index in [0.29, 0.717) is 25.3 Å². The molecule has 26 heavy (non-hydrogen) atoms. The first-order valence-electron chi connectivity index (χ1n) is 9.49. The number of nitrogens with zero attached hydrogens (tertiary/aromatic N) is 3. The molecular formula is C20H34N4O2. The fraction of sp³-hybridized carbons (Fsp3) is 0.700. The summed E-state index contributed by atoms with van der Waals surface area (Å²) in [7, 11) is 3.86. The smallest absolute Gasteiger partial charge is 0.255 e. The normalized spacial score (nSPS) is 15.1. The maximum Gasteiger partial charge on any atom is 0.255 e. The lowest BCUT2D eigenvalue weighted by Crippen LogP contribution is -2.37. The maximum absolute atomic E-state index is 12.8. The zero-order chi connectivity index (χ0) is 19.3. The van der Waals surface area contributed by atoms with E-state index < -0.39 is 0 Å². The summed E-state index contributed by atoms with van der Waals surface area (Å²) >= 11 is 0. The number of morpholine rings is 1. The third kappa shape index (κ3) is 5.59. The number of hydrogen-bond acceptors (Lipinski definition) is 5. The van der Waals surface area contributed by atoms with E-state index in [0.717, 1.165) is 43.1 Å². The van der Waals surface area contributed by atoms with Crippen LogP contribution in [0.25, 0.3) is 0 Å². The molecule has 6 nitrogen and oxygen atoms in total. The quantitative estimate of drug-likeness (QED) is 0.789. The minimum atomic E-state index is -0.0406. The van der Waals surface area contributed by atoms with E-state index in [1.807, 2.05) is 32.0 Å². The number of aryl methyl sites for hydroxylation is 1. The van der Waals surface area contributed by atoms with Crippen molar-refractivity contribution in [2.75, 3.05) is 56.7 Å². The van der Waals surface area contributed by atoms with Gasteiger partial charge in [-0.25, -0.2) is 4.98 Å². The van der Waals surface area contributed by atoms with Gasteiger partial charge in [-0.05, 0) is 36.8 Å². The van der Waals surface area contributed by atoms with Crippen LogP contribution in [0.4, 0.5) is 11.6 Å². The highest BCUT2D eigenvalue weighted by molar-refractivity contribution is 6.00. The van der Waals surface area contributed by atoms with Gasteiger partial charge in [0.25, 0.3) is 5.91 Å². The highest BCUT2D eigenvalue weighted by atomic mass is 16.5. The van der Waals surface area contributed by atoms with Gasteiger partial charge in [-0.15, -0.1) is 0 Å². The highest BCUT2D eigenvalue weighted by Crippen LogP contribution is 2.26. The van der Waals surface area contributed by atoms with E-state index >= 15 is 0 Å². The predicted octanol–water partition coefficient (Wildman–Crippen LogP) is 2.85. The molecule has 1 fully saturated rings. The molecule has 0 spiro atoms. The number of carbonyl (C=O) groups is 1. The summed E-state index contributed by atoms with van der Waals surface area (Å²) in [6, 6.07) is 2.02. The number of hydrogen-bond donors (Lipinski definition) is 1. The van der Waals surface area contributed by atoms with Crippen LogP contribution in [0, 0.1) is 12.3 Å². The van der Waals surface area contributed by atoms with Crippen LogP contribution in [-0.4, -0.2) is 57.8 Å². The number of rotatable bonds is 6. The molecule has 2 rings (SSSR count). The standard InChI is InChI=1S/C20H34N4O2/c1-15-14-16(24-10-12-26-13-11-24)22-18(23(5)6)17(15)19(25)21-9-7-8-20(2,3)4/h14H,7-13H2,1-6H3,(H,21,25). The fourth-order valence-electron chi connectivity index (χ4n) is 3.11. The molecule has 6 heteroatoms. The Balaban J connectivity index is 2.14. The Hall–Kier alpha value is -1.82. The Bertz CT molecular complexity index is 617. The van der Waals surface area contributed by atoms with Gasteiger partial charge >= 0.3 is 0 Å². The second kappa shape index (κ2) is 8.71. The van der Waals surface area contributed by atoms with Crippen molar-refractivity contribution in [2.24, 2.45) is 5.41 Å². The average molecular weight is 363 g/mol. The van der Waals surface area contributed by atoms with Gasteiger partial charge in [-0.1, -0.05) is 20.8 Å². The van der Waals surface area contributed by atoms with E-state index in [2.05, 4.69) is 31.0 Å². The zero-order valence-corrected chi connectivity index (χ0v) is 17.2. The summed E-state index contributed by atoms with van der Waals surface area (Å²) in [6.45, 7) is 12.4. The molecule has 1 aromatic rings. The molecule has 146 valence electrons. The van der Waals surface area contributed by atoms with Gasteiger partial charge < -0.3 is 19.9 Å². The lowest BCUT2D eigenvalue weighted by atomic mass is 9.91. The van der Waals surface area contributed by atoms with Crippen LogP contribution in [0.3, 0.4) is 0 Å². The van der Waals surface area contributed by atoms with E-state index in [1.165, 1.54) is 0 Å². The Morgan fingerprint density at radius 3 is 2.54 bits per heavy atom. The SMILES string of the molecule is Cc1cc(N2CCOCC2)nc(N(C)C)c1C(=O)NCCCC(C)(C)C. The van der Waals surface area contributed by atoms with Gasteiger partial charge in [0.15, 0.2) is 0 Å². The first-order valence-corrected chi connectivity index (χ1v) is 9.49. The predicted molar refractivity (Wildman–Crippen MR) is 107 cm³/mol. The molecule has 1 aliphatic heterocycles. The monoisotopic (exact) mass is 362 g/mol. The van der Waals surface area contributed by atoms with Crippen molar-refractivity contribution in [1.82, 2.24) is 10.3 Å². The molecule has 1 saturated heterocycles. The van der Waals surface area contributed by atoms with Crippen molar-refractivity contribution in [1.29, 1.82) is 0 Å². The second-order valence-corrected chi connectivity index (χ2v) is 8.41. The van der Waals surface area contributed by atoms with Crippen molar-refractivity contribution >= 4 is 17.5 Å². The molecule has 1 N–H and O–H groups in total. The molecule has 1 aromatic heterocycles. The van der Waals surface area contributed by atoms with Crippen LogP contribution in [0.1, 0.15) is 49.5 Å². The van der Waals surface area contributed by atoms with Gasteiger partial charge in [-0.3, -0.25) is 4.79 Å². The van der Waals surface area contributed by atoms with E-state index in [1.54, 1.807) is 0 Å².